The molecule has 0 spiro atoms. The van der Waals surface area contributed by atoms with Gasteiger partial charge in [-0.15, -0.1) is 0 Å². The summed E-state index contributed by atoms with van der Waals surface area (Å²) in [5.74, 6) is 0.192. The van der Waals surface area contributed by atoms with Crippen LogP contribution >= 0.6 is 11.6 Å². The van der Waals surface area contributed by atoms with Gasteiger partial charge in [0.2, 0.25) is 5.91 Å². The van der Waals surface area contributed by atoms with Gasteiger partial charge in [0.05, 0.1) is 13.1 Å². The molecule has 1 aromatic rings. The van der Waals surface area contributed by atoms with E-state index in [4.69, 9.17) is 11.6 Å². The molecule has 1 fully saturated rings. The van der Waals surface area contributed by atoms with Crippen molar-refractivity contribution < 1.29 is 4.79 Å². The second-order valence-electron chi connectivity index (χ2n) is 5.09. The predicted octanol–water partition coefficient (Wildman–Crippen LogP) is 2.67. The zero-order valence-electron chi connectivity index (χ0n) is 10.4. The van der Waals surface area contributed by atoms with Crippen molar-refractivity contribution in [2.75, 3.05) is 24.7 Å². The highest BCUT2D eigenvalue weighted by molar-refractivity contribution is 6.30. The van der Waals surface area contributed by atoms with Crippen molar-refractivity contribution in [1.29, 1.82) is 0 Å². The highest BCUT2D eigenvalue weighted by Gasteiger charge is 2.28. The molecule has 1 amide bonds. The van der Waals surface area contributed by atoms with Crippen molar-refractivity contribution in [2.24, 2.45) is 0 Å². The summed E-state index contributed by atoms with van der Waals surface area (Å²) in [6.07, 6.45) is 4.30. The summed E-state index contributed by atoms with van der Waals surface area (Å²) in [6, 6.07) is 5.74. The summed E-state index contributed by atoms with van der Waals surface area (Å²) >= 11 is 5.97. The maximum absolute atomic E-state index is 12.1. The first-order valence-electron chi connectivity index (χ1n) is 6.55. The van der Waals surface area contributed by atoms with Gasteiger partial charge in [-0.2, -0.15) is 0 Å². The number of rotatable bonds is 2. The molecule has 0 aliphatic carbocycles. The average Bonchev–Trinajstić information content (AvgIpc) is 2.66. The molecule has 2 aliphatic heterocycles. The normalized spacial score (nSPS) is 20.3. The molecule has 2 heterocycles. The topological polar surface area (TPSA) is 23.6 Å². The van der Waals surface area contributed by atoms with Gasteiger partial charge in [0.25, 0.3) is 0 Å². The van der Waals surface area contributed by atoms with E-state index >= 15 is 0 Å². The number of amides is 1. The Kier molecular flexibility index (Phi) is 3.27. The van der Waals surface area contributed by atoms with Crippen LogP contribution in [0.2, 0.25) is 5.02 Å². The molecule has 1 saturated heterocycles. The van der Waals surface area contributed by atoms with Crippen LogP contribution in [0.1, 0.15) is 24.8 Å². The number of halogens is 1. The van der Waals surface area contributed by atoms with Crippen LogP contribution in [0.25, 0.3) is 0 Å². The minimum Gasteiger partial charge on any atom is -0.298 e. The smallest absolute Gasteiger partial charge is 0.232 e. The van der Waals surface area contributed by atoms with Crippen molar-refractivity contribution in [2.45, 2.75) is 25.7 Å². The third-order valence-corrected chi connectivity index (χ3v) is 4.00. The van der Waals surface area contributed by atoms with Gasteiger partial charge in [-0.3, -0.25) is 14.6 Å². The second-order valence-corrected chi connectivity index (χ2v) is 5.53. The Morgan fingerprint density at radius 3 is 2.72 bits per heavy atom. The van der Waals surface area contributed by atoms with E-state index in [1.807, 2.05) is 23.1 Å². The number of fused-ring (bicyclic) bond motifs is 1. The first-order valence-corrected chi connectivity index (χ1v) is 6.93. The molecule has 0 aromatic heterocycles. The average molecular weight is 265 g/mol. The van der Waals surface area contributed by atoms with Crippen molar-refractivity contribution >= 4 is 23.2 Å². The van der Waals surface area contributed by atoms with Gasteiger partial charge in [0, 0.05) is 10.7 Å². The number of hydrogen-bond acceptors (Lipinski definition) is 2. The quantitative estimate of drug-likeness (QED) is 0.820. The highest BCUT2D eigenvalue weighted by atomic mass is 35.5. The molecule has 0 saturated carbocycles. The number of piperidine rings is 1. The summed E-state index contributed by atoms with van der Waals surface area (Å²) in [4.78, 5) is 16.3. The SMILES string of the molecule is O=C1Cc2cc(Cl)ccc2N1CN1CCCCC1. The second kappa shape index (κ2) is 4.90. The van der Waals surface area contributed by atoms with E-state index in [0.717, 1.165) is 31.0 Å². The van der Waals surface area contributed by atoms with E-state index in [1.165, 1.54) is 19.3 Å². The minimum absolute atomic E-state index is 0.192. The summed E-state index contributed by atoms with van der Waals surface area (Å²) in [6.45, 7) is 2.94. The third-order valence-electron chi connectivity index (χ3n) is 3.77. The zero-order chi connectivity index (χ0) is 12.5. The van der Waals surface area contributed by atoms with Crippen LogP contribution in [0.3, 0.4) is 0 Å². The first kappa shape index (κ1) is 12.0. The molecule has 1 aromatic carbocycles. The van der Waals surface area contributed by atoms with Crippen LogP contribution < -0.4 is 4.90 Å². The van der Waals surface area contributed by atoms with Crippen LogP contribution in [0, 0.1) is 0 Å². The molecular weight excluding hydrogens is 248 g/mol. The van der Waals surface area contributed by atoms with E-state index in [9.17, 15) is 4.79 Å². The molecule has 0 atom stereocenters. The van der Waals surface area contributed by atoms with E-state index in [-0.39, 0.29) is 5.91 Å². The zero-order valence-corrected chi connectivity index (χ0v) is 11.1. The van der Waals surface area contributed by atoms with Gasteiger partial charge >= 0.3 is 0 Å². The maximum Gasteiger partial charge on any atom is 0.232 e. The summed E-state index contributed by atoms with van der Waals surface area (Å²) < 4.78 is 0. The number of benzene rings is 1. The number of anilines is 1. The molecule has 2 aliphatic rings. The summed E-state index contributed by atoms with van der Waals surface area (Å²) in [5, 5.41) is 0.710. The Morgan fingerprint density at radius 2 is 1.94 bits per heavy atom. The van der Waals surface area contributed by atoms with E-state index in [2.05, 4.69) is 4.90 Å². The number of hydrogen-bond donors (Lipinski definition) is 0. The van der Waals surface area contributed by atoms with Gasteiger partial charge < -0.3 is 0 Å². The molecule has 3 nitrogen and oxygen atoms in total. The molecule has 0 N–H and O–H groups in total. The van der Waals surface area contributed by atoms with Crippen LogP contribution in [0.5, 0.6) is 0 Å². The standard InChI is InChI=1S/C14H17ClN2O/c15-12-4-5-13-11(8-12)9-14(18)17(13)10-16-6-2-1-3-7-16/h4-5,8H,1-3,6-7,9-10H2. The number of nitrogens with zero attached hydrogens (tertiary/aromatic N) is 2. The highest BCUT2D eigenvalue weighted by Crippen LogP contribution is 2.31. The predicted molar refractivity (Wildman–Crippen MR) is 72.9 cm³/mol. The van der Waals surface area contributed by atoms with Crippen LogP contribution in [0.15, 0.2) is 18.2 Å². The Balaban J connectivity index is 1.78. The Labute approximate surface area is 112 Å². The van der Waals surface area contributed by atoms with Crippen LogP contribution in [-0.2, 0) is 11.2 Å². The Morgan fingerprint density at radius 1 is 1.17 bits per heavy atom. The van der Waals surface area contributed by atoms with Gasteiger partial charge in [-0.05, 0) is 49.7 Å². The summed E-state index contributed by atoms with van der Waals surface area (Å²) in [5.41, 5.74) is 2.10. The lowest BCUT2D eigenvalue weighted by Gasteiger charge is -2.31. The van der Waals surface area contributed by atoms with Crippen molar-refractivity contribution in [3.05, 3.63) is 28.8 Å². The van der Waals surface area contributed by atoms with Crippen LogP contribution in [-0.4, -0.2) is 30.6 Å². The fourth-order valence-corrected chi connectivity index (χ4v) is 3.00. The largest absolute Gasteiger partial charge is 0.298 e. The van der Waals surface area contributed by atoms with E-state index in [1.54, 1.807) is 0 Å². The number of carbonyl (C=O) groups excluding carboxylic acids is 1. The van der Waals surface area contributed by atoms with Gasteiger partial charge in [-0.25, -0.2) is 0 Å². The van der Waals surface area contributed by atoms with Gasteiger partial charge in [0.1, 0.15) is 0 Å². The van der Waals surface area contributed by atoms with E-state index < -0.39 is 0 Å². The van der Waals surface area contributed by atoms with Crippen molar-refractivity contribution in [3.8, 4) is 0 Å². The summed E-state index contributed by atoms with van der Waals surface area (Å²) in [7, 11) is 0. The van der Waals surface area contributed by atoms with Crippen molar-refractivity contribution in [3.63, 3.8) is 0 Å². The number of carbonyl (C=O) groups is 1. The molecule has 0 radical (unpaired) electrons. The lowest BCUT2D eigenvalue weighted by molar-refractivity contribution is -0.117. The maximum atomic E-state index is 12.1. The van der Waals surface area contributed by atoms with Gasteiger partial charge in [-0.1, -0.05) is 18.0 Å². The molecular formula is C14H17ClN2O. The molecule has 3 rings (SSSR count). The van der Waals surface area contributed by atoms with Crippen LogP contribution in [0.4, 0.5) is 5.69 Å². The van der Waals surface area contributed by atoms with Gasteiger partial charge in [0.15, 0.2) is 0 Å². The molecule has 96 valence electrons. The van der Waals surface area contributed by atoms with Crippen molar-refractivity contribution in [1.82, 2.24) is 4.90 Å². The lowest BCUT2D eigenvalue weighted by Crippen LogP contribution is -2.42. The lowest BCUT2D eigenvalue weighted by atomic mass is 10.1. The van der Waals surface area contributed by atoms with E-state index in [0.29, 0.717) is 11.4 Å². The molecule has 0 unspecified atom stereocenters. The Bertz CT molecular complexity index is 469. The Hall–Kier alpha value is -1.06. The number of likely N-dealkylation sites (tertiary alicyclic amines) is 1. The molecule has 18 heavy (non-hydrogen) atoms. The molecule has 0 bridgehead atoms. The minimum atomic E-state index is 0.192. The fourth-order valence-electron chi connectivity index (χ4n) is 2.81. The third kappa shape index (κ3) is 2.25. The molecule has 4 heteroatoms. The first-order chi connectivity index (χ1) is 8.74. The monoisotopic (exact) mass is 264 g/mol. The fraction of sp³-hybridized carbons (Fsp3) is 0.500.